The van der Waals surface area contributed by atoms with Gasteiger partial charge in [0, 0.05) is 23.4 Å². The molecule has 0 amide bonds. The van der Waals surface area contributed by atoms with E-state index < -0.39 is 5.54 Å². The van der Waals surface area contributed by atoms with E-state index in [1.54, 1.807) is 18.3 Å². The highest BCUT2D eigenvalue weighted by atomic mass is 16.6. The maximum atomic E-state index is 10.9. The molecule has 5 nitrogen and oxygen atoms in total. The lowest BCUT2D eigenvalue weighted by Gasteiger charge is -2.17. The third-order valence-corrected chi connectivity index (χ3v) is 2.57. The highest BCUT2D eigenvalue weighted by Gasteiger charge is 2.24. The number of nitro benzene ring substituents is 1. The molecule has 5 heteroatoms. The number of aromatic nitrogens is 1. The Labute approximate surface area is 92.4 Å². The van der Waals surface area contributed by atoms with Crippen LogP contribution in [0.4, 0.5) is 5.69 Å². The Bertz CT molecular complexity index is 552. The zero-order valence-corrected chi connectivity index (χ0v) is 9.15. The van der Waals surface area contributed by atoms with Gasteiger partial charge in [-0.2, -0.15) is 0 Å². The Morgan fingerprint density at radius 2 is 2.12 bits per heavy atom. The molecular weight excluding hydrogens is 206 g/mol. The van der Waals surface area contributed by atoms with Crippen LogP contribution in [0.15, 0.2) is 24.4 Å². The number of hydrogen-bond acceptors (Lipinski definition) is 3. The summed E-state index contributed by atoms with van der Waals surface area (Å²) < 4.78 is 0. The Morgan fingerprint density at radius 3 is 2.69 bits per heavy atom. The number of aromatic amines is 1. The highest BCUT2D eigenvalue weighted by molar-refractivity contribution is 5.92. The van der Waals surface area contributed by atoms with Crippen molar-refractivity contribution in [1.29, 1.82) is 0 Å². The van der Waals surface area contributed by atoms with E-state index in [0.717, 1.165) is 11.1 Å². The summed E-state index contributed by atoms with van der Waals surface area (Å²) in [6.07, 6.45) is 1.73. The predicted molar refractivity (Wildman–Crippen MR) is 62.2 cm³/mol. The van der Waals surface area contributed by atoms with Gasteiger partial charge in [0.25, 0.3) is 5.69 Å². The Hall–Kier alpha value is -1.88. The fourth-order valence-corrected chi connectivity index (χ4v) is 1.83. The minimum Gasteiger partial charge on any atom is -0.361 e. The molecule has 0 saturated carbocycles. The molecule has 0 radical (unpaired) electrons. The average Bonchev–Trinajstić information content (AvgIpc) is 2.59. The van der Waals surface area contributed by atoms with Gasteiger partial charge >= 0.3 is 0 Å². The van der Waals surface area contributed by atoms with Gasteiger partial charge in [-0.15, -0.1) is 0 Å². The van der Waals surface area contributed by atoms with Crippen LogP contribution in [-0.4, -0.2) is 9.91 Å². The third-order valence-electron chi connectivity index (χ3n) is 2.57. The van der Waals surface area contributed by atoms with E-state index in [1.807, 2.05) is 13.8 Å². The summed E-state index contributed by atoms with van der Waals surface area (Å²) in [5.41, 5.74) is 6.97. The second kappa shape index (κ2) is 3.31. The smallest absolute Gasteiger partial charge is 0.279 e. The van der Waals surface area contributed by atoms with E-state index in [4.69, 9.17) is 5.73 Å². The first kappa shape index (κ1) is 10.6. The van der Waals surface area contributed by atoms with E-state index in [0.29, 0.717) is 5.39 Å². The second-order valence-corrected chi connectivity index (χ2v) is 4.38. The fourth-order valence-electron chi connectivity index (χ4n) is 1.83. The first-order chi connectivity index (χ1) is 7.41. The van der Waals surface area contributed by atoms with Gasteiger partial charge in [-0.3, -0.25) is 10.1 Å². The van der Waals surface area contributed by atoms with E-state index >= 15 is 0 Å². The summed E-state index contributed by atoms with van der Waals surface area (Å²) in [6, 6.07) is 4.95. The van der Waals surface area contributed by atoms with Crippen LogP contribution in [0, 0.1) is 10.1 Å². The topological polar surface area (TPSA) is 85.0 Å². The zero-order chi connectivity index (χ0) is 11.9. The number of H-pyrrole nitrogens is 1. The normalized spacial score (nSPS) is 11.9. The predicted octanol–water partition coefficient (Wildman–Crippen LogP) is 2.27. The molecule has 0 aliphatic carbocycles. The number of hydrogen-bond donors (Lipinski definition) is 2. The lowest BCUT2D eigenvalue weighted by molar-refractivity contribution is -0.383. The maximum Gasteiger partial charge on any atom is 0.279 e. The molecule has 0 spiro atoms. The van der Waals surface area contributed by atoms with Crippen LogP contribution in [0.5, 0.6) is 0 Å². The largest absolute Gasteiger partial charge is 0.361 e. The standard InChI is InChI=1S/C11H13N3O2/c1-11(2,12)7-6-13-8-4-3-5-9(10(7)8)14(15)16/h3-6,13H,12H2,1-2H3. The van der Waals surface area contributed by atoms with Gasteiger partial charge in [-0.25, -0.2) is 0 Å². The molecule has 1 aromatic heterocycles. The number of nitro groups is 1. The van der Waals surface area contributed by atoms with Crippen LogP contribution in [0.3, 0.4) is 0 Å². The number of fused-ring (bicyclic) bond motifs is 1. The summed E-state index contributed by atoms with van der Waals surface area (Å²) in [7, 11) is 0. The second-order valence-electron chi connectivity index (χ2n) is 4.38. The minimum atomic E-state index is -0.607. The van der Waals surface area contributed by atoms with Crippen molar-refractivity contribution in [2.75, 3.05) is 0 Å². The van der Waals surface area contributed by atoms with Gasteiger partial charge in [0.2, 0.25) is 0 Å². The molecule has 0 atom stereocenters. The quantitative estimate of drug-likeness (QED) is 0.600. The number of rotatable bonds is 2. The summed E-state index contributed by atoms with van der Waals surface area (Å²) in [5, 5.41) is 11.5. The molecule has 84 valence electrons. The molecule has 2 aromatic rings. The van der Waals surface area contributed by atoms with Crippen molar-refractivity contribution in [3.8, 4) is 0 Å². The van der Waals surface area contributed by atoms with Crippen LogP contribution >= 0.6 is 0 Å². The van der Waals surface area contributed by atoms with Crippen molar-refractivity contribution in [2.45, 2.75) is 19.4 Å². The van der Waals surface area contributed by atoms with Crippen molar-refractivity contribution in [3.63, 3.8) is 0 Å². The number of nitrogens with zero attached hydrogens (tertiary/aromatic N) is 1. The Morgan fingerprint density at radius 1 is 1.44 bits per heavy atom. The molecule has 1 heterocycles. The van der Waals surface area contributed by atoms with Crippen LogP contribution < -0.4 is 5.73 Å². The summed E-state index contributed by atoms with van der Waals surface area (Å²) >= 11 is 0. The molecule has 0 fully saturated rings. The Kier molecular flexibility index (Phi) is 2.20. The van der Waals surface area contributed by atoms with E-state index in [1.165, 1.54) is 6.07 Å². The van der Waals surface area contributed by atoms with Crippen molar-refractivity contribution in [3.05, 3.63) is 40.1 Å². The molecule has 0 bridgehead atoms. The summed E-state index contributed by atoms with van der Waals surface area (Å²) in [6.45, 7) is 3.65. The molecule has 0 aliphatic rings. The van der Waals surface area contributed by atoms with Crippen LogP contribution in [0.2, 0.25) is 0 Å². The zero-order valence-electron chi connectivity index (χ0n) is 9.15. The van der Waals surface area contributed by atoms with Gasteiger partial charge < -0.3 is 10.7 Å². The summed E-state index contributed by atoms with van der Waals surface area (Å²) in [4.78, 5) is 13.6. The monoisotopic (exact) mass is 219 g/mol. The minimum absolute atomic E-state index is 0.0901. The first-order valence-corrected chi connectivity index (χ1v) is 4.95. The number of non-ortho nitro benzene ring substituents is 1. The van der Waals surface area contributed by atoms with Crippen molar-refractivity contribution < 1.29 is 4.92 Å². The van der Waals surface area contributed by atoms with Crippen molar-refractivity contribution >= 4 is 16.6 Å². The van der Waals surface area contributed by atoms with E-state index in [2.05, 4.69) is 4.98 Å². The van der Waals surface area contributed by atoms with Crippen LogP contribution in [0.1, 0.15) is 19.4 Å². The molecule has 0 unspecified atom stereocenters. The van der Waals surface area contributed by atoms with Crippen molar-refractivity contribution in [2.24, 2.45) is 5.73 Å². The van der Waals surface area contributed by atoms with E-state index in [9.17, 15) is 10.1 Å². The fraction of sp³-hybridized carbons (Fsp3) is 0.273. The molecule has 2 rings (SSSR count). The highest BCUT2D eigenvalue weighted by Crippen LogP contribution is 2.33. The van der Waals surface area contributed by atoms with Gasteiger partial charge in [0.05, 0.1) is 15.8 Å². The van der Waals surface area contributed by atoms with Gasteiger partial charge in [0.15, 0.2) is 0 Å². The number of nitrogens with one attached hydrogen (secondary N) is 1. The SMILES string of the molecule is CC(C)(N)c1c[nH]c2cccc([N+](=O)[O-])c12. The number of nitrogens with two attached hydrogens (primary N) is 1. The van der Waals surface area contributed by atoms with Crippen LogP contribution in [-0.2, 0) is 5.54 Å². The molecule has 0 aliphatic heterocycles. The molecule has 3 N–H and O–H groups in total. The summed E-state index contributed by atoms with van der Waals surface area (Å²) in [5.74, 6) is 0. The lowest BCUT2D eigenvalue weighted by atomic mass is 9.94. The lowest BCUT2D eigenvalue weighted by Crippen LogP contribution is -2.28. The van der Waals surface area contributed by atoms with Gasteiger partial charge in [0.1, 0.15) is 0 Å². The average molecular weight is 219 g/mol. The van der Waals surface area contributed by atoms with Gasteiger partial charge in [-0.1, -0.05) is 6.07 Å². The third kappa shape index (κ3) is 1.55. The maximum absolute atomic E-state index is 10.9. The van der Waals surface area contributed by atoms with Gasteiger partial charge in [-0.05, 0) is 19.9 Å². The molecule has 16 heavy (non-hydrogen) atoms. The van der Waals surface area contributed by atoms with E-state index in [-0.39, 0.29) is 10.6 Å². The number of benzene rings is 1. The molecule has 0 saturated heterocycles. The Balaban J connectivity index is 2.83. The van der Waals surface area contributed by atoms with Crippen molar-refractivity contribution in [1.82, 2.24) is 4.98 Å². The molecular formula is C11H13N3O2. The van der Waals surface area contributed by atoms with Crippen LogP contribution in [0.25, 0.3) is 10.9 Å². The molecule has 1 aromatic carbocycles. The first-order valence-electron chi connectivity index (χ1n) is 4.95.